The molecule has 1 fully saturated rings. The van der Waals surface area contributed by atoms with E-state index in [-0.39, 0.29) is 18.5 Å². The Morgan fingerprint density at radius 2 is 1.61 bits per heavy atom. The Kier molecular flexibility index (Phi) is 5.74. The molecule has 0 aliphatic carbocycles. The summed E-state index contributed by atoms with van der Waals surface area (Å²) in [4.78, 5) is 30.5. The Morgan fingerprint density at radius 3 is 2.35 bits per heavy atom. The van der Waals surface area contributed by atoms with E-state index in [0.29, 0.717) is 17.2 Å². The van der Waals surface area contributed by atoms with Crippen LogP contribution in [0.1, 0.15) is 19.4 Å². The third kappa shape index (κ3) is 4.03. The predicted octanol–water partition coefficient (Wildman–Crippen LogP) is 5.95. The number of imide groups is 1. The summed E-state index contributed by atoms with van der Waals surface area (Å²) in [7, 11) is 0. The van der Waals surface area contributed by atoms with Crippen molar-refractivity contribution in [2.24, 2.45) is 0 Å². The molecule has 158 valence electrons. The summed E-state index contributed by atoms with van der Waals surface area (Å²) in [5, 5.41) is 0. The molecule has 1 saturated heterocycles. The second-order valence-electron chi connectivity index (χ2n) is 7.79. The fourth-order valence-corrected chi connectivity index (χ4v) is 4.05. The van der Waals surface area contributed by atoms with Crippen LogP contribution in [0.3, 0.4) is 0 Å². The molecule has 0 radical (unpaired) electrons. The van der Waals surface area contributed by atoms with Gasteiger partial charge in [0.2, 0.25) is 0 Å². The maximum atomic E-state index is 13.4. The molecule has 5 nitrogen and oxygen atoms in total. The van der Waals surface area contributed by atoms with Crippen molar-refractivity contribution < 1.29 is 14.3 Å². The van der Waals surface area contributed by atoms with E-state index in [0.717, 1.165) is 10.5 Å². The van der Waals surface area contributed by atoms with Gasteiger partial charge in [-0.1, -0.05) is 42.5 Å². The molecule has 6 heteroatoms. The second-order valence-corrected chi connectivity index (χ2v) is 8.67. The fourth-order valence-electron chi connectivity index (χ4n) is 3.60. The molecule has 0 saturated carbocycles. The first-order valence-corrected chi connectivity index (χ1v) is 11.3. The summed E-state index contributed by atoms with van der Waals surface area (Å²) >= 11 is 1.57. The summed E-state index contributed by atoms with van der Waals surface area (Å²) in [5.74, 6) is 1.14. The minimum Gasteiger partial charge on any atom is -0.457 e. The quantitative estimate of drug-likeness (QED) is 0.357. The van der Waals surface area contributed by atoms with Crippen LogP contribution >= 0.6 is 11.8 Å². The van der Waals surface area contributed by atoms with Crippen LogP contribution in [-0.2, 0) is 11.3 Å². The molecular formula is C25H24N2O3S. The number of amides is 3. The number of nitrogens with zero attached hydrogens (tertiary/aromatic N) is 2. The van der Waals surface area contributed by atoms with Crippen LogP contribution in [0.5, 0.6) is 11.5 Å². The van der Waals surface area contributed by atoms with Gasteiger partial charge >= 0.3 is 6.03 Å². The first kappa shape index (κ1) is 21.0. The van der Waals surface area contributed by atoms with Gasteiger partial charge in [0.25, 0.3) is 5.91 Å². The topological polar surface area (TPSA) is 49.9 Å². The molecule has 0 bridgehead atoms. The van der Waals surface area contributed by atoms with Gasteiger partial charge in [-0.25, -0.2) is 9.69 Å². The summed E-state index contributed by atoms with van der Waals surface area (Å²) < 4.78 is 6.05. The molecule has 0 aromatic heterocycles. The van der Waals surface area contributed by atoms with Crippen molar-refractivity contribution >= 4 is 29.4 Å². The summed E-state index contributed by atoms with van der Waals surface area (Å²) in [6.07, 6.45) is 1.96. The average Bonchev–Trinajstić information content (AvgIpc) is 2.95. The van der Waals surface area contributed by atoms with E-state index >= 15 is 0 Å². The molecule has 31 heavy (non-hydrogen) atoms. The van der Waals surface area contributed by atoms with E-state index in [1.54, 1.807) is 36.6 Å². The van der Waals surface area contributed by atoms with E-state index in [4.69, 9.17) is 4.74 Å². The van der Waals surface area contributed by atoms with E-state index in [9.17, 15) is 9.59 Å². The summed E-state index contributed by atoms with van der Waals surface area (Å²) in [6.45, 7) is 3.83. The van der Waals surface area contributed by atoms with Crippen molar-refractivity contribution in [2.45, 2.75) is 30.8 Å². The number of carbonyl (C=O) groups is 2. The SMILES string of the molecule is CSc1cccc(N2C(=O)N(Cc3ccccc3Oc3ccccc3)C(C)(C)C2=O)c1. The smallest absolute Gasteiger partial charge is 0.332 e. The number of hydrogen-bond acceptors (Lipinski definition) is 4. The van der Waals surface area contributed by atoms with Gasteiger partial charge in [-0.2, -0.15) is 0 Å². The third-order valence-electron chi connectivity index (χ3n) is 5.41. The Labute approximate surface area is 186 Å². The van der Waals surface area contributed by atoms with Crippen LogP contribution in [-0.4, -0.2) is 28.6 Å². The number of urea groups is 1. The van der Waals surface area contributed by atoms with Crippen LogP contribution in [0.15, 0.2) is 83.8 Å². The highest BCUT2D eigenvalue weighted by Crippen LogP contribution is 2.36. The van der Waals surface area contributed by atoms with Gasteiger partial charge in [-0.15, -0.1) is 11.8 Å². The fraction of sp³-hybridized carbons (Fsp3) is 0.200. The number of anilines is 1. The number of carbonyl (C=O) groups excluding carboxylic acids is 2. The van der Waals surface area contributed by atoms with Crippen molar-refractivity contribution in [2.75, 3.05) is 11.2 Å². The van der Waals surface area contributed by atoms with Crippen LogP contribution in [0.25, 0.3) is 0 Å². The Hall–Kier alpha value is -3.25. The highest BCUT2D eigenvalue weighted by Gasteiger charge is 2.51. The standard InChI is InChI=1S/C25H24N2O3S/c1-25(2)23(28)27(19-11-9-14-21(16-19)31-3)24(29)26(25)17-18-10-7-8-15-22(18)30-20-12-5-4-6-13-20/h4-16H,17H2,1-3H3. The minimum absolute atomic E-state index is 0.239. The van der Waals surface area contributed by atoms with Gasteiger partial charge in [0.1, 0.15) is 17.0 Å². The van der Waals surface area contributed by atoms with Crippen molar-refractivity contribution in [3.8, 4) is 11.5 Å². The van der Waals surface area contributed by atoms with E-state index in [1.165, 1.54) is 4.90 Å². The maximum Gasteiger partial charge on any atom is 0.332 e. The van der Waals surface area contributed by atoms with Crippen LogP contribution in [0.2, 0.25) is 0 Å². The van der Waals surface area contributed by atoms with Crippen molar-refractivity contribution in [1.29, 1.82) is 0 Å². The average molecular weight is 433 g/mol. The van der Waals surface area contributed by atoms with Crippen molar-refractivity contribution in [3.63, 3.8) is 0 Å². The lowest BCUT2D eigenvalue weighted by molar-refractivity contribution is -0.123. The van der Waals surface area contributed by atoms with E-state index in [2.05, 4.69) is 0 Å². The van der Waals surface area contributed by atoms with Crippen LogP contribution < -0.4 is 9.64 Å². The molecule has 0 spiro atoms. The van der Waals surface area contributed by atoms with Crippen LogP contribution in [0.4, 0.5) is 10.5 Å². The van der Waals surface area contributed by atoms with Crippen molar-refractivity contribution in [1.82, 2.24) is 4.90 Å². The number of hydrogen-bond donors (Lipinski definition) is 0. The molecule has 4 rings (SSSR count). The lowest BCUT2D eigenvalue weighted by Crippen LogP contribution is -2.43. The minimum atomic E-state index is -0.980. The van der Waals surface area contributed by atoms with Gasteiger partial charge in [0.05, 0.1) is 12.2 Å². The third-order valence-corrected chi connectivity index (χ3v) is 6.13. The number of ether oxygens (including phenoxy) is 1. The molecule has 1 heterocycles. The number of rotatable bonds is 6. The normalized spacial score (nSPS) is 15.5. The molecule has 0 unspecified atom stereocenters. The molecular weight excluding hydrogens is 408 g/mol. The van der Waals surface area contributed by atoms with Gasteiger partial charge in [0.15, 0.2) is 0 Å². The zero-order valence-electron chi connectivity index (χ0n) is 17.7. The number of para-hydroxylation sites is 2. The van der Waals surface area contributed by atoms with Crippen molar-refractivity contribution in [3.05, 3.63) is 84.4 Å². The molecule has 0 N–H and O–H groups in total. The molecule has 0 atom stereocenters. The van der Waals surface area contributed by atoms with E-state index < -0.39 is 5.54 Å². The molecule has 3 aromatic carbocycles. The Morgan fingerprint density at radius 1 is 0.903 bits per heavy atom. The molecule has 1 aliphatic heterocycles. The molecule has 3 aromatic rings. The maximum absolute atomic E-state index is 13.4. The Bertz CT molecular complexity index is 1110. The predicted molar refractivity (Wildman–Crippen MR) is 124 cm³/mol. The number of thioether (sulfide) groups is 1. The highest BCUT2D eigenvalue weighted by atomic mass is 32.2. The van der Waals surface area contributed by atoms with Crippen LogP contribution in [0, 0.1) is 0 Å². The summed E-state index contributed by atoms with van der Waals surface area (Å²) in [5.41, 5.74) is 0.443. The first-order chi connectivity index (χ1) is 14.9. The summed E-state index contributed by atoms with van der Waals surface area (Å²) in [6, 6.07) is 24.2. The van der Waals surface area contributed by atoms with E-state index in [1.807, 2.05) is 79.1 Å². The monoisotopic (exact) mass is 432 g/mol. The second kappa shape index (κ2) is 8.47. The number of benzene rings is 3. The van der Waals surface area contributed by atoms with Gasteiger partial charge < -0.3 is 9.64 Å². The molecule has 3 amide bonds. The lowest BCUT2D eigenvalue weighted by atomic mass is 10.0. The largest absolute Gasteiger partial charge is 0.457 e. The molecule has 1 aliphatic rings. The first-order valence-electron chi connectivity index (χ1n) is 10.0. The zero-order chi connectivity index (χ0) is 22.0. The van der Waals surface area contributed by atoms with Gasteiger partial charge in [-0.05, 0) is 56.5 Å². The lowest BCUT2D eigenvalue weighted by Gasteiger charge is -2.28. The Balaban J connectivity index is 1.64. The highest BCUT2D eigenvalue weighted by molar-refractivity contribution is 7.98. The zero-order valence-corrected chi connectivity index (χ0v) is 18.6. The van der Waals surface area contributed by atoms with Gasteiger partial charge in [0, 0.05) is 10.5 Å². The van der Waals surface area contributed by atoms with Gasteiger partial charge in [-0.3, -0.25) is 4.79 Å².